The quantitative estimate of drug-likeness (QED) is 0.731. The molecule has 3 rings (SSSR count). The van der Waals surface area contributed by atoms with Crippen LogP contribution in [0.3, 0.4) is 0 Å². The molecule has 0 radical (unpaired) electrons. The van der Waals surface area contributed by atoms with Crippen molar-refractivity contribution in [1.29, 1.82) is 0 Å². The maximum absolute atomic E-state index is 13.4. The lowest BCUT2D eigenvalue weighted by molar-refractivity contribution is 0.102. The summed E-state index contributed by atoms with van der Waals surface area (Å²) < 4.78 is 20.0. The van der Waals surface area contributed by atoms with Gasteiger partial charge in [0.2, 0.25) is 0 Å². The van der Waals surface area contributed by atoms with Gasteiger partial charge >= 0.3 is 0 Å². The lowest BCUT2D eigenvalue weighted by atomic mass is 10.2. The molecule has 0 atom stereocenters. The van der Waals surface area contributed by atoms with Crippen LogP contribution in [0.2, 0.25) is 0 Å². The Morgan fingerprint density at radius 1 is 1.36 bits per heavy atom. The van der Waals surface area contributed by atoms with Gasteiger partial charge in [0, 0.05) is 18.6 Å². The van der Waals surface area contributed by atoms with E-state index in [0.29, 0.717) is 12.2 Å². The molecule has 2 heterocycles. The van der Waals surface area contributed by atoms with Gasteiger partial charge in [-0.15, -0.1) is 0 Å². The lowest BCUT2D eigenvalue weighted by Gasteiger charge is -2.06. The van der Waals surface area contributed by atoms with E-state index < -0.39 is 11.7 Å². The van der Waals surface area contributed by atoms with Gasteiger partial charge in [0.05, 0.1) is 25.5 Å². The van der Waals surface area contributed by atoms with E-state index >= 15 is 0 Å². The molecule has 25 heavy (non-hydrogen) atoms. The van der Waals surface area contributed by atoms with Crippen molar-refractivity contribution in [2.75, 3.05) is 18.2 Å². The number of nitrogens with zero attached hydrogens (tertiary/aromatic N) is 4. The molecule has 3 N–H and O–H groups in total. The first-order chi connectivity index (χ1) is 12.1. The van der Waals surface area contributed by atoms with Crippen molar-refractivity contribution < 1.29 is 13.9 Å². The minimum absolute atomic E-state index is 0.0403. The topological polar surface area (TPSA) is 108 Å². The Morgan fingerprint density at radius 2 is 2.16 bits per heavy atom. The van der Waals surface area contributed by atoms with Crippen molar-refractivity contribution in [3.63, 3.8) is 0 Å². The number of methoxy groups -OCH3 is 1. The van der Waals surface area contributed by atoms with E-state index in [9.17, 15) is 9.18 Å². The highest BCUT2D eigenvalue weighted by Gasteiger charge is 2.13. The van der Waals surface area contributed by atoms with E-state index in [1.54, 1.807) is 23.0 Å². The summed E-state index contributed by atoms with van der Waals surface area (Å²) in [5, 5.41) is 6.81. The molecule has 9 heteroatoms. The molecule has 1 amide bonds. The molecule has 0 fully saturated rings. The molecule has 0 unspecified atom stereocenters. The number of halogens is 1. The van der Waals surface area contributed by atoms with Gasteiger partial charge in [-0.05, 0) is 17.7 Å². The number of amides is 1. The molecule has 0 aliphatic heterocycles. The monoisotopic (exact) mass is 342 g/mol. The Hall–Kier alpha value is -3.49. The number of nitrogen functional groups attached to an aromatic ring is 1. The number of hydrogen-bond acceptors (Lipinski definition) is 6. The average Bonchev–Trinajstić information content (AvgIpc) is 3.03. The fraction of sp³-hybridized carbons (Fsp3) is 0.125. The van der Waals surface area contributed by atoms with Crippen LogP contribution < -0.4 is 15.8 Å². The summed E-state index contributed by atoms with van der Waals surface area (Å²) in [6.07, 6.45) is 5.92. The van der Waals surface area contributed by atoms with Crippen molar-refractivity contribution in [1.82, 2.24) is 19.7 Å². The number of benzene rings is 1. The molecule has 8 nitrogen and oxygen atoms in total. The molecule has 0 spiro atoms. The Kier molecular flexibility index (Phi) is 4.55. The first kappa shape index (κ1) is 16.4. The number of carbonyl (C=O) groups excluding carboxylic acids is 1. The second-order valence-electron chi connectivity index (χ2n) is 5.14. The number of aromatic nitrogens is 4. The highest BCUT2D eigenvalue weighted by molar-refractivity contribution is 6.05. The molecule has 128 valence electrons. The summed E-state index contributed by atoms with van der Waals surface area (Å²) in [5.41, 5.74) is 6.94. The first-order valence-corrected chi connectivity index (χ1v) is 7.29. The van der Waals surface area contributed by atoms with Crippen molar-refractivity contribution in [3.05, 3.63) is 60.1 Å². The van der Waals surface area contributed by atoms with E-state index in [1.807, 2.05) is 0 Å². The van der Waals surface area contributed by atoms with Crippen LogP contribution in [0, 0.1) is 5.82 Å². The molecule has 2 aromatic heterocycles. The Labute approximate surface area is 142 Å². The van der Waals surface area contributed by atoms with Crippen LogP contribution in [0.25, 0.3) is 0 Å². The molecule has 3 aromatic rings. The number of hydrogen-bond donors (Lipinski definition) is 2. The average molecular weight is 342 g/mol. The molecule has 0 saturated heterocycles. The third kappa shape index (κ3) is 3.71. The van der Waals surface area contributed by atoms with E-state index in [2.05, 4.69) is 20.4 Å². The summed E-state index contributed by atoms with van der Waals surface area (Å²) in [4.78, 5) is 19.9. The molecule has 0 aliphatic carbocycles. The van der Waals surface area contributed by atoms with Gasteiger partial charge in [0.25, 0.3) is 5.91 Å². The molecule has 1 aromatic carbocycles. The summed E-state index contributed by atoms with van der Waals surface area (Å²) in [6.45, 7) is 0.389. The Morgan fingerprint density at radius 3 is 2.92 bits per heavy atom. The minimum atomic E-state index is -0.478. The van der Waals surface area contributed by atoms with Gasteiger partial charge in [0.15, 0.2) is 23.1 Å². The third-order valence-electron chi connectivity index (χ3n) is 3.39. The smallest absolute Gasteiger partial charge is 0.278 e. The van der Waals surface area contributed by atoms with E-state index in [0.717, 1.165) is 5.56 Å². The maximum atomic E-state index is 13.4. The number of nitrogens with two attached hydrogens (primary N) is 1. The summed E-state index contributed by atoms with van der Waals surface area (Å²) in [6, 6.07) is 4.56. The fourth-order valence-corrected chi connectivity index (χ4v) is 2.22. The number of anilines is 2. The largest absolute Gasteiger partial charge is 0.494 e. The standard InChI is InChI=1S/C16H15FN6O2/c1-25-13-6-10(2-3-12(13)17)8-23-9-11(7-21-23)22-16(24)14-15(18)20-5-4-19-14/h2-7,9H,8H2,1H3,(H2,18,20)(H,22,24). The third-order valence-corrected chi connectivity index (χ3v) is 3.39. The number of rotatable bonds is 5. The zero-order valence-electron chi connectivity index (χ0n) is 13.3. The number of nitrogens with one attached hydrogen (secondary N) is 1. The molecule has 0 aliphatic rings. The van der Waals surface area contributed by atoms with Crippen LogP contribution in [0.4, 0.5) is 15.9 Å². The maximum Gasteiger partial charge on any atom is 0.278 e. The van der Waals surface area contributed by atoms with Crippen LogP contribution in [0.5, 0.6) is 5.75 Å². The highest BCUT2D eigenvalue weighted by Crippen LogP contribution is 2.19. The van der Waals surface area contributed by atoms with Gasteiger partial charge in [-0.1, -0.05) is 6.07 Å². The van der Waals surface area contributed by atoms with Crippen LogP contribution >= 0.6 is 0 Å². The van der Waals surface area contributed by atoms with Gasteiger partial charge < -0.3 is 15.8 Å². The summed E-state index contributed by atoms with van der Waals surface area (Å²) in [7, 11) is 1.40. The van der Waals surface area contributed by atoms with Crippen LogP contribution in [-0.2, 0) is 6.54 Å². The van der Waals surface area contributed by atoms with Crippen LogP contribution in [0.15, 0.2) is 43.0 Å². The van der Waals surface area contributed by atoms with E-state index in [-0.39, 0.29) is 17.3 Å². The molecular formula is C16H15FN6O2. The van der Waals surface area contributed by atoms with Gasteiger partial charge in [-0.2, -0.15) is 5.10 Å². The van der Waals surface area contributed by atoms with Crippen molar-refractivity contribution in [2.24, 2.45) is 0 Å². The predicted octanol–water partition coefficient (Wildman–Crippen LogP) is 1.70. The van der Waals surface area contributed by atoms with Crippen LogP contribution in [0.1, 0.15) is 16.1 Å². The van der Waals surface area contributed by atoms with E-state index in [4.69, 9.17) is 10.5 Å². The summed E-state index contributed by atoms with van der Waals surface area (Å²) >= 11 is 0. The summed E-state index contributed by atoms with van der Waals surface area (Å²) in [5.74, 6) is -0.697. The van der Waals surface area contributed by atoms with Gasteiger partial charge in [-0.3, -0.25) is 9.48 Å². The van der Waals surface area contributed by atoms with E-state index in [1.165, 1.54) is 31.8 Å². The van der Waals surface area contributed by atoms with Crippen LogP contribution in [-0.4, -0.2) is 32.8 Å². The zero-order chi connectivity index (χ0) is 17.8. The fourth-order valence-electron chi connectivity index (χ4n) is 2.22. The Balaban J connectivity index is 1.70. The number of ether oxygens (including phenoxy) is 1. The zero-order valence-corrected chi connectivity index (χ0v) is 13.3. The first-order valence-electron chi connectivity index (χ1n) is 7.29. The Bertz CT molecular complexity index is 911. The molecule has 0 saturated carbocycles. The SMILES string of the molecule is COc1cc(Cn2cc(NC(=O)c3nccnc3N)cn2)ccc1F. The molecular weight excluding hydrogens is 327 g/mol. The number of carbonyl (C=O) groups is 1. The van der Waals surface area contributed by atoms with Crippen molar-refractivity contribution in [2.45, 2.75) is 6.54 Å². The predicted molar refractivity (Wildman–Crippen MR) is 88.7 cm³/mol. The normalized spacial score (nSPS) is 10.5. The highest BCUT2D eigenvalue weighted by atomic mass is 19.1. The second-order valence-corrected chi connectivity index (χ2v) is 5.14. The van der Waals surface area contributed by atoms with Gasteiger partial charge in [-0.25, -0.2) is 14.4 Å². The second kappa shape index (κ2) is 6.95. The lowest BCUT2D eigenvalue weighted by Crippen LogP contribution is -2.16. The van der Waals surface area contributed by atoms with Crippen molar-refractivity contribution in [3.8, 4) is 5.75 Å². The minimum Gasteiger partial charge on any atom is -0.494 e. The van der Waals surface area contributed by atoms with Crippen molar-refractivity contribution >= 4 is 17.4 Å². The molecule has 0 bridgehead atoms. The van der Waals surface area contributed by atoms with Gasteiger partial charge in [0.1, 0.15) is 0 Å².